The highest BCUT2D eigenvalue weighted by molar-refractivity contribution is 6.10. The van der Waals surface area contributed by atoms with E-state index in [1.165, 1.54) is 72.9 Å². The third-order valence-corrected chi connectivity index (χ3v) is 14.0. The molecular formula is C58H57N2O+. The van der Waals surface area contributed by atoms with Crippen LogP contribution < -0.4 is 4.90 Å². The lowest BCUT2D eigenvalue weighted by molar-refractivity contribution is -0.511. The molecule has 4 atom stereocenters. The highest BCUT2D eigenvalue weighted by Gasteiger charge is 2.41. The molecule has 4 unspecified atom stereocenters. The van der Waals surface area contributed by atoms with Crippen molar-refractivity contribution in [2.45, 2.75) is 90.6 Å². The highest BCUT2D eigenvalue weighted by Crippen LogP contribution is 2.49. The summed E-state index contributed by atoms with van der Waals surface area (Å²) in [6, 6.07) is 27.0. The molecule has 3 nitrogen and oxygen atoms in total. The zero-order chi connectivity index (χ0) is 41.5. The summed E-state index contributed by atoms with van der Waals surface area (Å²) in [5.74, 6) is 0.635. The number of hydrogen-bond donors (Lipinski definition) is 0. The van der Waals surface area contributed by atoms with Gasteiger partial charge in [0.25, 0.3) is 0 Å². The van der Waals surface area contributed by atoms with Gasteiger partial charge in [-0.1, -0.05) is 148 Å². The fraction of sp³-hybridized carbons (Fsp3) is 0.276. The van der Waals surface area contributed by atoms with E-state index in [1.807, 2.05) is 12.1 Å². The molecule has 304 valence electrons. The van der Waals surface area contributed by atoms with Crippen LogP contribution in [0.2, 0.25) is 0 Å². The Balaban J connectivity index is 0.932. The molecule has 0 amide bonds. The molecule has 0 N–H and O–H groups in total. The van der Waals surface area contributed by atoms with E-state index in [9.17, 15) is 4.79 Å². The Morgan fingerprint density at radius 3 is 2.43 bits per heavy atom. The largest absolute Gasteiger partial charge is 0.333 e. The second-order valence-corrected chi connectivity index (χ2v) is 17.7. The fourth-order valence-corrected chi connectivity index (χ4v) is 10.8. The van der Waals surface area contributed by atoms with E-state index in [0.29, 0.717) is 12.0 Å². The van der Waals surface area contributed by atoms with Crippen molar-refractivity contribution in [3.8, 4) is 0 Å². The number of carbonyl (C=O) groups is 1. The minimum atomic E-state index is 0.115. The van der Waals surface area contributed by atoms with Crippen LogP contribution in [0.4, 0.5) is 11.4 Å². The molecule has 0 bridgehead atoms. The number of carbonyl (C=O) groups excluding carboxylic acids is 1. The molecule has 5 aliphatic carbocycles. The van der Waals surface area contributed by atoms with E-state index in [-0.39, 0.29) is 17.7 Å². The lowest BCUT2D eigenvalue weighted by atomic mass is 9.76. The van der Waals surface area contributed by atoms with Crippen LogP contribution in [0, 0.1) is 11.8 Å². The van der Waals surface area contributed by atoms with Crippen molar-refractivity contribution in [1.82, 2.24) is 0 Å². The Morgan fingerprint density at radius 2 is 1.67 bits per heavy atom. The first-order chi connectivity index (χ1) is 30.0. The highest BCUT2D eigenvalue weighted by atomic mass is 16.1. The van der Waals surface area contributed by atoms with Gasteiger partial charge in [0.05, 0.1) is 12.1 Å². The third-order valence-electron chi connectivity index (χ3n) is 14.0. The maximum atomic E-state index is 13.2. The van der Waals surface area contributed by atoms with Crippen molar-refractivity contribution in [1.29, 1.82) is 0 Å². The van der Waals surface area contributed by atoms with Crippen molar-refractivity contribution in [3.63, 3.8) is 0 Å². The van der Waals surface area contributed by atoms with E-state index in [0.717, 1.165) is 68.9 Å². The van der Waals surface area contributed by atoms with Crippen LogP contribution in [0.25, 0.3) is 11.1 Å². The van der Waals surface area contributed by atoms with Crippen molar-refractivity contribution in [2.24, 2.45) is 11.8 Å². The summed E-state index contributed by atoms with van der Waals surface area (Å²) < 4.78 is 2.59. The number of aryl methyl sites for hydroxylation is 1. The van der Waals surface area contributed by atoms with Gasteiger partial charge in [-0.2, -0.15) is 4.58 Å². The minimum absolute atomic E-state index is 0.115. The molecule has 3 heteroatoms. The van der Waals surface area contributed by atoms with Crippen molar-refractivity contribution >= 4 is 34.0 Å². The standard InChI is InChI=1S/C58H57N2O/c1-4-15-41-24-31-47(32-25-41)59-55-23-14-13-22-52(55)54-36-46(30-35-56(54)59)43-28-26-42(27-29-43)39(2)49-34-33-48(37-53(49)51-21-12-11-20-50(51)40(3)61)60-57(44-16-7-5-8-17-44)38-58(60)45-18-9-6-10-19-45/h5,7,9,11-14,16,18-28,30-34,36,38-39,43,48,56H,4,6,8,10,15,17,29,35,37H2,1-3H3/q+1. The smallest absolute Gasteiger partial charge is 0.219 e. The first kappa shape index (κ1) is 39.1. The molecular weight excluding hydrogens is 741 g/mol. The van der Waals surface area contributed by atoms with Crippen LogP contribution in [-0.2, 0) is 6.42 Å². The van der Waals surface area contributed by atoms with Gasteiger partial charge in [0.1, 0.15) is 0 Å². The fourth-order valence-electron chi connectivity index (χ4n) is 10.8. The molecule has 2 heterocycles. The van der Waals surface area contributed by atoms with Crippen LogP contribution >= 0.6 is 0 Å². The summed E-state index contributed by atoms with van der Waals surface area (Å²) in [6.07, 6.45) is 42.8. The first-order valence-corrected chi connectivity index (χ1v) is 22.9. The van der Waals surface area contributed by atoms with E-state index in [4.69, 9.17) is 0 Å². The van der Waals surface area contributed by atoms with Gasteiger partial charge in [0.15, 0.2) is 11.8 Å². The lowest BCUT2D eigenvalue weighted by Crippen LogP contribution is -2.39. The SMILES string of the molecule is CCCc1ccc(N2c3ccccc3C3=CC(C4C=CC(C(C)C5=C(c6ccccc6C(C)=O)CC([N+]6=C(C7=CCCC=C7)C=C6C6=CC=CCC6)C=C5)=CC4)=CCC32)cc1. The van der Waals surface area contributed by atoms with Gasteiger partial charge in [-0.3, -0.25) is 4.79 Å². The summed E-state index contributed by atoms with van der Waals surface area (Å²) >= 11 is 0. The Labute approximate surface area is 363 Å². The van der Waals surface area contributed by atoms with Crippen LogP contribution in [-0.4, -0.2) is 28.2 Å². The number of fused-ring (bicyclic) bond motifs is 3. The Bertz CT molecular complexity index is 2670. The van der Waals surface area contributed by atoms with Gasteiger partial charge in [-0.25, -0.2) is 0 Å². The van der Waals surface area contributed by atoms with E-state index < -0.39 is 0 Å². The van der Waals surface area contributed by atoms with Gasteiger partial charge in [-0.05, 0) is 115 Å². The number of allylic oxidation sites excluding steroid dienone is 17. The monoisotopic (exact) mass is 797 g/mol. The molecule has 3 aromatic carbocycles. The lowest BCUT2D eigenvalue weighted by Gasteiger charge is -2.32. The molecule has 0 fully saturated rings. The number of benzene rings is 3. The van der Waals surface area contributed by atoms with Crippen LogP contribution in [0.3, 0.4) is 0 Å². The molecule has 0 saturated carbocycles. The van der Waals surface area contributed by atoms with Crippen LogP contribution in [0.5, 0.6) is 0 Å². The number of para-hydroxylation sites is 1. The van der Waals surface area contributed by atoms with Gasteiger partial charge >= 0.3 is 0 Å². The molecule has 0 spiro atoms. The van der Waals surface area contributed by atoms with E-state index >= 15 is 0 Å². The number of nitrogens with zero attached hydrogens (tertiary/aromatic N) is 2. The average Bonchev–Trinajstić information content (AvgIpc) is 3.63. The number of Topliss-reactive ketones (excluding diaryl/α,β-unsaturated/α-hetero) is 1. The Morgan fingerprint density at radius 1 is 0.836 bits per heavy atom. The van der Waals surface area contributed by atoms with Crippen molar-refractivity contribution in [3.05, 3.63) is 214 Å². The molecule has 61 heavy (non-hydrogen) atoms. The second kappa shape index (κ2) is 16.8. The number of rotatable bonds is 11. The van der Waals surface area contributed by atoms with Gasteiger partial charge < -0.3 is 4.90 Å². The quantitative estimate of drug-likeness (QED) is 0.142. The summed E-state index contributed by atoms with van der Waals surface area (Å²) in [5, 5.41) is 0. The maximum absolute atomic E-state index is 13.2. The molecule has 7 aliphatic rings. The predicted octanol–water partition coefficient (Wildman–Crippen LogP) is 13.9. The van der Waals surface area contributed by atoms with E-state index in [1.54, 1.807) is 6.92 Å². The van der Waals surface area contributed by atoms with E-state index in [2.05, 4.69) is 169 Å². The molecule has 0 radical (unpaired) electrons. The maximum Gasteiger partial charge on any atom is 0.219 e. The van der Waals surface area contributed by atoms with Crippen LogP contribution in [0.15, 0.2) is 191 Å². The zero-order valence-electron chi connectivity index (χ0n) is 36.0. The van der Waals surface area contributed by atoms with Gasteiger partial charge in [0.2, 0.25) is 11.4 Å². The second-order valence-electron chi connectivity index (χ2n) is 17.7. The first-order valence-electron chi connectivity index (χ1n) is 22.9. The third kappa shape index (κ3) is 7.33. The Kier molecular flexibility index (Phi) is 10.8. The normalized spacial score (nSPS) is 23.3. The summed E-state index contributed by atoms with van der Waals surface area (Å²) in [6.45, 7) is 6.32. The zero-order valence-corrected chi connectivity index (χ0v) is 36.0. The molecule has 0 saturated heterocycles. The average molecular weight is 798 g/mol. The molecule has 3 aromatic rings. The summed E-state index contributed by atoms with van der Waals surface area (Å²) in [4.78, 5) is 15.8. The number of anilines is 2. The summed E-state index contributed by atoms with van der Waals surface area (Å²) in [7, 11) is 0. The molecule has 0 aromatic heterocycles. The van der Waals surface area contributed by atoms with Gasteiger partial charge in [0, 0.05) is 51.9 Å². The number of hydrogen-bond acceptors (Lipinski definition) is 2. The minimum Gasteiger partial charge on any atom is -0.333 e. The van der Waals surface area contributed by atoms with Gasteiger partial charge in [-0.15, -0.1) is 0 Å². The summed E-state index contributed by atoms with van der Waals surface area (Å²) in [5.41, 5.74) is 19.4. The van der Waals surface area contributed by atoms with Crippen LogP contribution in [0.1, 0.15) is 99.2 Å². The molecule has 2 aliphatic heterocycles. The predicted molar refractivity (Wildman–Crippen MR) is 255 cm³/mol. The topological polar surface area (TPSA) is 23.3 Å². The van der Waals surface area contributed by atoms with Crippen molar-refractivity contribution < 1.29 is 9.37 Å². The Hall–Kier alpha value is -6.06. The van der Waals surface area contributed by atoms with Crippen molar-refractivity contribution in [2.75, 3.05) is 4.90 Å². The molecule has 10 rings (SSSR count). The number of ketones is 1.